The highest BCUT2D eigenvalue weighted by molar-refractivity contribution is 5.92. The van der Waals surface area contributed by atoms with Gasteiger partial charge in [-0.05, 0) is 61.9 Å². The van der Waals surface area contributed by atoms with Crippen LogP contribution in [0.2, 0.25) is 0 Å². The van der Waals surface area contributed by atoms with E-state index in [1.54, 1.807) is 7.05 Å². The summed E-state index contributed by atoms with van der Waals surface area (Å²) in [4.78, 5) is 19.1. The zero-order valence-electron chi connectivity index (χ0n) is 22.3. The number of carboxylic acids is 1. The number of carboxylic acid groups (broad SMARTS) is 1. The number of hydrogen-bond acceptors (Lipinski definition) is 6. The highest BCUT2D eigenvalue weighted by atomic mass is 16.5. The Balaban J connectivity index is 1.61. The summed E-state index contributed by atoms with van der Waals surface area (Å²) in [5.41, 5.74) is 5.11. The van der Waals surface area contributed by atoms with Crippen LogP contribution in [0.25, 0.3) is 0 Å². The van der Waals surface area contributed by atoms with Crippen molar-refractivity contribution in [2.75, 3.05) is 39.9 Å². The molecule has 6 N–H and O–H groups in total. The van der Waals surface area contributed by atoms with Gasteiger partial charge in [-0.15, -0.1) is 0 Å². The van der Waals surface area contributed by atoms with E-state index in [9.17, 15) is 20.1 Å². The van der Waals surface area contributed by atoms with E-state index in [1.807, 2.05) is 11.1 Å². The SMILES string of the molecule is CN=C(N)N1C=CC(CNCCO)C2(C1)C1CCC(C)C23CC(O)(COC2CCCC2)C(C(=O)O)=C3C1. The first-order chi connectivity index (χ1) is 17.7. The van der Waals surface area contributed by atoms with Gasteiger partial charge in [0, 0.05) is 43.7 Å². The summed E-state index contributed by atoms with van der Waals surface area (Å²) in [5.74, 6) is -0.0188. The van der Waals surface area contributed by atoms with E-state index >= 15 is 0 Å². The predicted molar refractivity (Wildman–Crippen MR) is 141 cm³/mol. The van der Waals surface area contributed by atoms with E-state index in [-0.39, 0.29) is 48.1 Å². The van der Waals surface area contributed by atoms with Crippen molar-refractivity contribution in [3.05, 3.63) is 23.4 Å². The molecule has 6 unspecified atom stereocenters. The average Bonchev–Trinajstić information content (AvgIpc) is 3.52. The van der Waals surface area contributed by atoms with Crippen LogP contribution in [0.4, 0.5) is 0 Å². The van der Waals surface area contributed by atoms with Crippen molar-refractivity contribution in [1.82, 2.24) is 10.2 Å². The Kier molecular flexibility index (Phi) is 7.19. The minimum Gasteiger partial charge on any atom is -0.478 e. The van der Waals surface area contributed by atoms with E-state index in [2.05, 4.69) is 23.3 Å². The van der Waals surface area contributed by atoms with Gasteiger partial charge in [-0.1, -0.05) is 25.8 Å². The van der Waals surface area contributed by atoms with Gasteiger partial charge >= 0.3 is 5.97 Å². The van der Waals surface area contributed by atoms with Crippen LogP contribution in [0, 0.1) is 28.6 Å². The number of guanidine groups is 1. The van der Waals surface area contributed by atoms with Gasteiger partial charge in [0.25, 0.3) is 0 Å². The minimum absolute atomic E-state index is 0.0313. The van der Waals surface area contributed by atoms with Gasteiger partial charge in [0.05, 0.1) is 24.9 Å². The quantitative estimate of drug-likeness (QED) is 0.187. The molecule has 0 radical (unpaired) electrons. The van der Waals surface area contributed by atoms with Gasteiger partial charge in [0.1, 0.15) is 5.60 Å². The van der Waals surface area contributed by atoms with Crippen LogP contribution in [-0.4, -0.2) is 83.7 Å². The number of aliphatic imine (C=N–C) groups is 1. The standard InChI is InChI=1S/C28H44N4O5/c1-18-7-8-19-13-22-23(24(34)35)26(36,17-37-21-5-3-4-6-21)15-27(18,22)28(19)16-32(25(29)30-2)11-9-20(28)14-31-10-12-33/h9,11,18-21,31,33,36H,3-8,10,12-17H2,1-2H3,(H2,29,30)(H,34,35). The number of carbonyl (C=O) groups is 1. The number of ether oxygens (including phenoxy) is 1. The van der Waals surface area contributed by atoms with Crippen molar-refractivity contribution >= 4 is 11.9 Å². The molecule has 0 aromatic rings. The molecular weight excluding hydrogens is 472 g/mol. The van der Waals surface area contributed by atoms with Crippen molar-refractivity contribution in [2.24, 2.45) is 39.3 Å². The largest absolute Gasteiger partial charge is 0.478 e. The molecule has 0 aromatic heterocycles. The third-order valence-corrected chi connectivity index (χ3v) is 10.5. The summed E-state index contributed by atoms with van der Waals surface area (Å²) < 4.78 is 6.21. The Morgan fingerprint density at radius 3 is 2.73 bits per heavy atom. The van der Waals surface area contributed by atoms with Gasteiger partial charge < -0.3 is 36.0 Å². The predicted octanol–water partition coefficient (Wildman–Crippen LogP) is 1.86. The van der Waals surface area contributed by atoms with Crippen LogP contribution >= 0.6 is 0 Å². The summed E-state index contributed by atoms with van der Waals surface area (Å²) in [5, 5.41) is 35.5. The molecule has 9 heteroatoms. The zero-order chi connectivity index (χ0) is 26.4. The number of hydrogen-bond donors (Lipinski definition) is 5. The molecule has 1 aliphatic heterocycles. The third kappa shape index (κ3) is 3.96. The van der Waals surface area contributed by atoms with Crippen molar-refractivity contribution < 1.29 is 24.9 Å². The highest BCUT2D eigenvalue weighted by Crippen LogP contribution is 2.77. The van der Waals surface area contributed by atoms with Crippen molar-refractivity contribution in [3.63, 3.8) is 0 Å². The van der Waals surface area contributed by atoms with E-state index in [4.69, 9.17) is 10.5 Å². The molecule has 2 spiro atoms. The Morgan fingerprint density at radius 2 is 2.05 bits per heavy atom. The Morgan fingerprint density at radius 1 is 1.30 bits per heavy atom. The molecule has 0 saturated heterocycles. The first-order valence-corrected chi connectivity index (χ1v) is 14.0. The second-order valence-corrected chi connectivity index (χ2v) is 12.1. The monoisotopic (exact) mass is 516 g/mol. The molecule has 3 fully saturated rings. The molecule has 206 valence electrons. The maximum Gasteiger partial charge on any atom is 0.334 e. The van der Waals surface area contributed by atoms with E-state index < -0.39 is 17.0 Å². The summed E-state index contributed by atoms with van der Waals surface area (Å²) in [7, 11) is 1.68. The van der Waals surface area contributed by atoms with Crippen LogP contribution in [0.5, 0.6) is 0 Å². The number of allylic oxidation sites excluding steroid dienone is 1. The number of aliphatic hydroxyl groups is 2. The fourth-order valence-electron chi connectivity index (χ4n) is 9.04. The maximum atomic E-state index is 12.9. The first-order valence-electron chi connectivity index (χ1n) is 14.0. The fraction of sp³-hybridized carbons (Fsp3) is 0.786. The third-order valence-electron chi connectivity index (χ3n) is 10.5. The van der Waals surface area contributed by atoms with Crippen molar-refractivity contribution in [3.8, 4) is 0 Å². The van der Waals surface area contributed by atoms with Gasteiger partial charge in [-0.2, -0.15) is 0 Å². The summed E-state index contributed by atoms with van der Waals surface area (Å²) in [6.07, 6.45) is 11.5. The van der Waals surface area contributed by atoms with E-state index in [0.29, 0.717) is 38.4 Å². The van der Waals surface area contributed by atoms with Gasteiger partial charge in [-0.25, -0.2) is 4.79 Å². The second-order valence-electron chi connectivity index (χ2n) is 12.1. The Bertz CT molecular complexity index is 991. The second kappa shape index (κ2) is 9.98. The lowest BCUT2D eigenvalue weighted by Gasteiger charge is -2.61. The number of nitrogens with two attached hydrogens (primary N) is 1. The molecule has 4 aliphatic carbocycles. The molecule has 37 heavy (non-hydrogen) atoms. The van der Waals surface area contributed by atoms with Crippen LogP contribution in [0.15, 0.2) is 28.4 Å². The number of rotatable bonds is 8. The molecule has 0 amide bonds. The van der Waals surface area contributed by atoms with Gasteiger partial charge in [0.15, 0.2) is 5.96 Å². The van der Waals surface area contributed by atoms with E-state index in [0.717, 1.165) is 44.1 Å². The smallest absolute Gasteiger partial charge is 0.334 e. The Labute approximate surface area is 219 Å². The molecule has 6 atom stereocenters. The normalized spacial score (nSPS) is 39.7. The maximum absolute atomic E-state index is 12.9. The van der Waals surface area contributed by atoms with Crippen LogP contribution < -0.4 is 11.1 Å². The van der Waals surface area contributed by atoms with Gasteiger partial charge in [-0.3, -0.25) is 4.99 Å². The topological polar surface area (TPSA) is 141 Å². The molecule has 5 rings (SSSR count). The van der Waals surface area contributed by atoms with Crippen LogP contribution in [-0.2, 0) is 9.53 Å². The average molecular weight is 517 g/mol. The van der Waals surface area contributed by atoms with Crippen molar-refractivity contribution in [1.29, 1.82) is 0 Å². The molecule has 5 aliphatic rings. The van der Waals surface area contributed by atoms with Gasteiger partial charge in [0.2, 0.25) is 0 Å². The lowest BCUT2D eigenvalue weighted by atomic mass is 9.46. The van der Waals surface area contributed by atoms with Crippen LogP contribution in [0.3, 0.4) is 0 Å². The lowest BCUT2D eigenvalue weighted by molar-refractivity contribution is -0.141. The number of aliphatic hydroxyl groups excluding tert-OH is 1. The zero-order valence-corrected chi connectivity index (χ0v) is 22.3. The highest BCUT2D eigenvalue weighted by Gasteiger charge is 2.75. The summed E-state index contributed by atoms with van der Waals surface area (Å²) in [6, 6.07) is 0. The molecule has 0 aromatic carbocycles. The fourth-order valence-corrected chi connectivity index (χ4v) is 9.04. The molecule has 2 bridgehead atoms. The Hall–Kier alpha value is -1.94. The number of nitrogens with one attached hydrogen (secondary N) is 1. The number of aliphatic carboxylic acids is 1. The van der Waals surface area contributed by atoms with E-state index in [1.165, 1.54) is 0 Å². The van der Waals surface area contributed by atoms with Crippen molar-refractivity contribution in [2.45, 2.75) is 70.0 Å². The summed E-state index contributed by atoms with van der Waals surface area (Å²) >= 11 is 0. The first kappa shape index (κ1) is 26.7. The molecule has 1 heterocycles. The summed E-state index contributed by atoms with van der Waals surface area (Å²) in [6.45, 7) is 4.13. The number of nitrogens with zero attached hydrogens (tertiary/aromatic N) is 2. The molecular formula is C28H44N4O5. The lowest BCUT2D eigenvalue weighted by Crippen LogP contribution is -2.62. The molecule has 9 nitrogen and oxygen atoms in total. The minimum atomic E-state index is -1.52. The van der Waals surface area contributed by atoms with Crippen LogP contribution in [0.1, 0.15) is 58.3 Å². The molecule has 3 saturated carbocycles.